The Balaban J connectivity index is 1.83. The first kappa shape index (κ1) is 16.0. The van der Waals surface area contributed by atoms with Gasteiger partial charge in [0.25, 0.3) is 5.69 Å². The second-order valence-corrected chi connectivity index (χ2v) is 5.95. The minimum Gasteiger partial charge on any atom is -0.550 e. The zero-order valence-electron chi connectivity index (χ0n) is 12.8. The smallest absolute Gasteiger partial charge is 0.273 e. The fraction of sp³-hybridized carbons (Fsp3) is 0.375. The molecule has 8 nitrogen and oxygen atoms in total. The van der Waals surface area contributed by atoms with E-state index in [1.54, 1.807) is 0 Å². The first-order chi connectivity index (χ1) is 11.4. The second-order valence-electron chi connectivity index (χ2n) is 5.95. The number of allylic oxidation sites excluding steroid dienone is 2. The minimum atomic E-state index is -1.23. The summed E-state index contributed by atoms with van der Waals surface area (Å²) in [7, 11) is 1.33. The lowest BCUT2D eigenvalue weighted by molar-refractivity contribution is -0.384. The molecule has 0 aliphatic heterocycles. The number of aliphatic carboxylic acids is 1. The third-order valence-electron chi connectivity index (χ3n) is 4.69. The molecule has 0 spiro atoms. The zero-order valence-corrected chi connectivity index (χ0v) is 12.8. The van der Waals surface area contributed by atoms with Crippen LogP contribution in [0.2, 0.25) is 0 Å². The summed E-state index contributed by atoms with van der Waals surface area (Å²) in [6.45, 7) is 0. The predicted octanol–water partition coefficient (Wildman–Crippen LogP) is 0.730. The van der Waals surface area contributed by atoms with Gasteiger partial charge in [-0.25, -0.2) is 0 Å². The minimum absolute atomic E-state index is 0.137. The Hall–Kier alpha value is -2.90. The lowest BCUT2D eigenvalue weighted by Crippen LogP contribution is -2.42. The molecule has 1 N–H and O–H groups in total. The first-order valence-corrected chi connectivity index (χ1v) is 7.45. The number of hydrogen-bond acceptors (Lipinski definition) is 6. The van der Waals surface area contributed by atoms with Gasteiger partial charge in [-0.3, -0.25) is 14.9 Å². The van der Waals surface area contributed by atoms with Crippen molar-refractivity contribution in [1.82, 2.24) is 0 Å². The number of benzene rings is 1. The highest BCUT2D eigenvalue weighted by Gasteiger charge is 2.48. The number of ether oxygens (including phenoxy) is 1. The van der Waals surface area contributed by atoms with Crippen molar-refractivity contribution in [2.24, 2.45) is 23.7 Å². The number of fused-ring (bicyclic) bond motifs is 2. The summed E-state index contributed by atoms with van der Waals surface area (Å²) in [4.78, 5) is 34.2. The summed E-state index contributed by atoms with van der Waals surface area (Å²) >= 11 is 0. The van der Waals surface area contributed by atoms with Gasteiger partial charge in [0.1, 0.15) is 5.75 Å². The highest BCUT2D eigenvalue weighted by molar-refractivity contribution is 5.97. The number of methoxy groups -OCH3 is 1. The van der Waals surface area contributed by atoms with Crippen LogP contribution in [-0.2, 0) is 9.59 Å². The van der Waals surface area contributed by atoms with Crippen molar-refractivity contribution in [1.29, 1.82) is 0 Å². The maximum Gasteiger partial charge on any atom is 0.273 e. The molecule has 1 fully saturated rings. The molecular formula is C16H15N2O6-. The molecule has 2 aliphatic carbocycles. The molecule has 24 heavy (non-hydrogen) atoms. The van der Waals surface area contributed by atoms with E-state index in [4.69, 9.17) is 4.74 Å². The van der Waals surface area contributed by atoms with Crippen LogP contribution in [0.4, 0.5) is 11.4 Å². The van der Waals surface area contributed by atoms with Crippen molar-refractivity contribution < 1.29 is 24.4 Å². The standard InChI is InChI=1S/C16H16N2O6/c1-24-12-7-10(18(22)23)4-5-11(12)17-15(19)13-8-2-3-9(6-8)14(13)16(20)21/h2-5,7-9,13-14H,6H2,1H3,(H,17,19)(H,20,21)/p-1/t8-,9-,13+,14-/m0/s1. The van der Waals surface area contributed by atoms with E-state index in [0.29, 0.717) is 6.42 Å². The molecule has 0 saturated heterocycles. The SMILES string of the molecule is COc1cc([N+](=O)[O-])ccc1NC(=O)[C@H]1[C@@H](C(=O)[O-])[C@H]2C=C[C@H]1C2. The number of carbonyl (C=O) groups is 2. The molecule has 0 heterocycles. The number of amides is 1. The van der Waals surface area contributed by atoms with Crippen molar-refractivity contribution in [3.8, 4) is 5.75 Å². The van der Waals surface area contributed by atoms with E-state index in [1.165, 1.54) is 25.3 Å². The highest BCUT2D eigenvalue weighted by Crippen LogP contribution is 2.48. The Bertz CT molecular complexity index is 744. The fourth-order valence-electron chi connectivity index (χ4n) is 3.61. The molecule has 1 aromatic carbocycles. The van der Waals surface area contributed by atoms with Crippen molar-refractivity contribution >= 4 is 23.3 Å². The number of nitro benzene ring substituents is 1. The summed E-state index contributed by atoms with van der Waals surface area (Å²) in [6, 6.07) is 3.81. The number of nitrogens with one attached hydrogen (secondary N) is 1. The van der Waals surface area contributed by atoms with Crippen LogP contribution in [0, 0.1) is 33.8 Å². The van der Waals surface area contributed by atoms with Gasteiger partial charge in [-0.15, -0.1) is 0 Å². The molecule has 1 saturated carbocycles. The Morgan fingerprint density at radius 2 is 1.92 bits per heavy atom. The molecule has 0 aromatic heterocycles. The van der Waals surface area contributed by atoms with Crippen molar-refractivity contribution in [2.75, 3.05) is 12.4 Å². The number of carboxylic acid groups (broad SMARTS) is 1. The molecular weight excluding hydrogens is 316 g/mol. The summed E-state index contributed by atoms with van der Waals surface area (Å²) in [5.41, 5.74) is 0.0947. The third kappa shape index (κ3) is 2.60. The lowest BCUT2D eigenvalue weighted by Gasteiger charge is -2.28. The fourth-order valence-corrected chi connectivity index (χ4v) is 3.61. The maximum absolute atomic E-state index is 12.6. The van der Waals surface area contributed by atoms with E-state index in [9.17, 15) is 24.8 Å². The summed E-state index contributed by atoms with van der Waals surface area (Å²) < 4.78 is 5.07. The first-order valence-electron chi connectivity index (χ1n) is 7.45. The Morgan fingerprint density at radius 3 is 2.50 bits per heavy atom. The molecule has 1 aromatic rings. The topological polar surface area (TPSA) is 122 Å². The molecule has 0 radical (unpaired) electrons. The van der Waals surface area contributed by atoms with E-state index in [1.807, 2.05) is 12.2 Å². The third-order valence-corrected chi connectivity index (χ3v) is 4.69. The number of anilines is 1. The normalized spacial score (nSPS) is 27.0. The molecule has 8 heteroatoms. The molecule has 3 rings (SSSR count). The van der Waals surface area contributed by atoms with Crippen LogP contribution in [0.1, 0.15) is 6.42 Å². The second kappa shape index (κ2) is 5.95. The van der Waals surface area contributed by atoms with Crippen LogP contribution in [0.15, 0.2) is 30.4 Å². The van der Waals surface area contributed by atoms with E-state index in [2.05, 4.69) is 5.32 Å². The van der Waals surface area contributed by atoms with Gasteiger partial charge in [-0.05, 0) is 24.3 Å². The monoisotopic (exact) mass is 331 g/mol. The van der Waals surface area contributed by atoms with Gasteiger partial charge < -0.3 is 20.0 Å². The summed E-state index contributed by atoms with van der Waals surface area (Å²) in [5, 5.41) is 24.8. The van der Waals surface area contributed by atoms with Crippen LogP contribution in [0.25, 0.3) is 0 Å². The Kier molecular flexibility index (Phi) is 3.96. The predicted molar refractivity (Wildman–Crippen MR) is 81.0 cm³/mol. The zero-order chi connectivity index (χ0) is 17.4. The van der Waals surface area contributed by atoms with Crippen LogP contribution < -0.4 is 15.2 Å². The number of carboxylic acids is 1. The average molecular weight is 331 g/mol. The summed E-state index contributed by atoms with van der Waals surface area (Å²) in [6.07, 6.45) is 4.30. The number of nitro groups is 1. The van der Waals surface area contributed by atoms with Crippen molar-refractivity contribution in [2.45, 2.75) is 6.42 Å². The van der Waals surface area contributed by atoms with Gasteiger partial charge in [-0.1, -0.05) is 12.2 Å². The van der Waals surface area contributed by atoms with E-state index < -0.39 is 28.6 Å². The van der Waals surface area contributed by atoms with Crippen LogP contribution in [-0.4, -0.2) is 23.9 Å². The van der Waals surface area contributed by atoms with Gasteiger partial charge in [0.15, 0.2) is 0 Å². The molecule has 4 atom stereocenters. The van der Waals surface area contributed by atoms with Gasteiger partial charge in [0, 0.05) is 18.0 Å². The van der Waals surface area contributed by atoms with Crippen molar-refractivity contribution in [3.63, 3.8) is 0 Å². The number of non-ortho nitro benzene ring substituents is 1. The lowest BCUT2D eigenvalue weighted by atomic mass is 9.82. The Labute approximate surface area is 137 Å². The van der Waals surface area contributed by atoms with E-state index in [0.717, 1.165) is 0 Å². The summed E-state index contributed by atoms with van der Waals surface area (Å²) in [5.74, 6) is -3.44. The van der Waals surface area contributed by atoms with Crippen LogP contribution in [0.5, 0.6) is 5.75 Å². The molecule has 2 bridgehead atoms. The molecule has 1 amide bonds. The van der Waals surface area contributed by atoms with Gasteiger partial charge in [-0.2, -0.15) is 0 Å². The number of nitrogens with zero attached hydrogens (tertiary/aromatic N) is 1. The molecule has 0 unspecified atom stereocenters. The maximum atomic E-state index is 12.6. The highest BCUT2D eigenvalue weighted by atomic mass is 16.6. The largest absolute Gasteiger partial charge is 0.550 e. The average Bonchev–Trinajstić information content (AvgIpc) is 3.15. The van der Waals surface area contributed by atoms with E-state index >= 15 is 0 Å². The number of carbonyl (C=O) groups excluding carboxylic acids is 2. The Morgan fingerprint density at radius 1 is 1.25 bits per heavy atom. The molecule has 126 valence electrons. The quantitative estimate of drug-likeness (QED) is 0.482. The van der Waals surface area contributed by atoms with Gasteiger partial charge in [0.05, 0.1) is 29.7 Å². The number of rotatable bonds is 5. The van der Waals surface area contributed by atoms with Crippen molar-refractivity contribution in [3.05, 3.63) is 40.5 Å². The van der Waals surface area contributed by atoms with Crippen LogP contribution >= 0.6 is 0 Å². The van der Waals surface area contributed by atoms with Crippen LogP contribution in [0.3, 0.4) is 0 Å². The van der Waals surface area contributed by atoms with Gasteiger partial charge in [0.2, 0.25) is 5.91 Å². The van der Waals surface area contributed by atoms with Gasteiger partial charge >= 0.3 is 0 Å². The molecule has 2 aliphatic rings. The van der Waals surface area contributed by atoms with E-state index in [-0.39, 0.29) is 29.0 Å². The number of hydrogen-bond donors (Lipinski definition) is 1.